The van der Waals surface area contributed by atoms with Crippen molar-refractivity contribution in [2.45, 2.75) is 26.3 Å². The molecule has 5 heteroatoms. The third-order valence-corrected chi connectivity index (χ3v) is 5.81. The molecule has 0 amide bonds. The second-order valence-electron chi connectivity index (χ2n) is 4.99. The molecule has 3 aromatic rings. The molecular weight excluding hydrogens is 283 g/mol. The van der Waals surface area contributed by atoms with Gasteiger partial charge in [0.25, 0.3) is 5.57 Å². The van der Waals surface area contributed by atoms with E-state index in [2.05, 4.69) is 35.5 Å². The van der Waals surface area contributed by atoms with E-state index in [1.165, 1.54) is 18.4 Å². The fraction of sp³-hybridized carbons (Fsp3) is 0.312. The van der Waals surface area contributed by atoms with Crippen molar-refractivity contribution in [1.82, 2.24) is 4.57 Å². The number of rotatable bonds is 6. The van der Waals surface area contributed by atoms with Crippen LogP contribution in [0.15, 0.2) is 58.0 Å². The van der Waals surface area contributed by atoms with Crippen molar-refractivity contribution < 1.29 is 13.4 Å². The molecule has 0 aliphatic rings. The van der Waals surface area contributed by atoms with Crippen LogP contribution < -0.4 is 21.1 Å². The second-order valence-corrected chi connectivity index (χ2v) is 6.95. The molecule has 0 bridgehead atoms. The number of aryl methyl sites for hydroxylation is 2. The lowest BCUT2D eigenvalue weighted by atomic mass is 10.3. The van der Waals surface area contributed by atoms with Crippen molar-refractivity contribution >= 4 is 24.5 Å². The Balaban J connectivity index is 2.07. The van der Waals surface area contributed by atoms with Gasteiger partial charge >= 0.3 is 0 Å². The largest absolute Gasteiger partial charge is 0.464 e. The van der Waals surface area contributed by atoms with Gasteiger partial charge in [-0.05, 0) is 30.7 Å². The molecule has 21 heavy (non-hydrogen) atoms. The van der Waals surface area contributed by atoms with E-state index in [4.69, 9.17) is 8.83 Å². The normalized spacial score (nSPS) is 11.4. The van der Waals surface area contributed by atoms with Gasteiger partial charge in [-0.3, -0.25) is 0 Å². The summed E-state index contributed by atoms with van der Waals surface area (Å²) in [5.74, 6) is 0. The Hall–Kier alpha value is -1.80. The highest BCUT2D eigenvalue weighted by molar-refractivity contribution is 7.78. The van der Waals surface area contributed by atoms with Crippen LogP contribution in [0.4, 0.5) is 0 Å². The fourth-order valence-electron chi connectivity index (χ4n) is 2.41. The van der Waals surface area contributed by atoms with E-state index < -0.39 is 7.92 Å². The van der Waals surface area contributed by atoms with Crippen LogP contribution in [-0.2, 0) is 13.6 Å². The van der Waals surface area contributed by atoms with Crippen molar-refractivity contribution in [2.24, 2.45) is 7.05 Å². The molecule has 3 heterocycles. The van der Waals surface area contributed by atoms with Crippen LogP contribution in [0.3, 0.4) is 0 Å². The van der Waals surface area contributed by atoms with Crippen molar-refractivity contribution in [1.29, 1.82) is 0 Å². The number of imidazole rings is 1. The molecule has 0 saturated heterocycles. The summed E-state index contributed by atoms with van der Waals surface area (Å²) in [6.07, 6.45) is 10.1. The molecule has 0 aliphatic carbocycles. The maximum absolute atomic E-state index is 5.70. The Morgan fingerprint density at radius 2 is 1.81 bits per heavy atom. The summed E-state index contributed by atoms with van der Waals surface area (Å²) in [5.41, 5.74) is 3.17. The molecule has 110 valence electrons. The third-order valence-electron chi connectivity index (χ3n) is 3.45. The standard InChI is InChI=1S/C16H20N2O2P/c1-3-4-9-18-11-10-17(2)16(18)21(14-7-5-12-19-14)15-8-6-13-20-15/h5-8,10-13H,3-4,9H2,1-2H3/q+1. The predicted octanol–water partition coefficient (Wildman–Crippen LogP) is 2.06. The van der Waals surface area contributed by atoms with Crippen LogP contribution in [0.1, 0.15) is 19.8 Å². The molecule has 0 N–H and O–H groups in total. The van der Waals surface area contributed by atoms with Crippen molar-refractivity contribution in [3.8, 4) is 0 Å². The minimum atomic E-state index is -0.800. The van der Waals surface area contributed by atoms with Crippen molar-refractivity contribution in [3.05, 3.63) is 49.2 Å². The van der Waals surface area contributed by atoms with Crippen LogP contribution in [-0.4, -0.2) is 4.57 Å². The first-order valence-electron chi connectivity index (χ1n) is 7.23. The van der Waals surface area contributed by atoms with Gasteiger partial charge in [0.15, 0.2) is 7.92 Å². The molecule has 0 saturated carbocycles. The number of furan rings is 2. The highest BCUT2D eigenvalue weighted by atomic mass is 31.1. The van der Waals surface area contributed by atoms with Crippen LogP contribution in [0, 0.1) is 0 Å². The molecule has 3 rings (SSSR count). The highest BCUT2D eigenvalue weighted by Gasteiger charge is 2.33. The van der Waals surface area contributed by atoms with Gasteiger partial charge < -0.3 is 8.83 Å². The zero-order valence-corrected chi connectivity index (χ0v) is 13.3. The average Bonchev–Trinajstić information content (AvgIpc) is 3.22. The van der Waals surface area contributed by atoms with E-state index in [-0.39, 0.29) is 0 Å². The van der Waals surface area contributed by atoms with Crippen LogP contribution >= 0.6 is 7.92 Å². The average molecular weight is 303 g/mol. The Morgan fingerprint density at radius 3 is 2.33 bits per heavy atom. The smallest absolute Gasteiger partial charge is 0.292 e. The maximum Gasteiger partial charge on any atom is 0.292 e. The Bertz CT molecular complexity index is 637. The molecule has 0 unspecified atom stereocenters. The molecule has 3 aromatic heterocycles. The van der Waals surface area contributed by atoms with Gasteiger partial charge in [0.1, 0.15) is 23.4 Å². The minimum Gasteiger partial charge on any atom is -0.464 e. The SMILES string of the molecule is CCCCn1cc[n+](C)c1P(c1ccco1)c1ccco1. The quantitative estimate of drug-likeness (QED) is 0.516. The molecule has 0 aromatic carbocycles. The summed E-state index contributed by atoms with van der Waals surface area (Å²) < 4.78 is 15.9. The van der Waals surface area contributed by atoms with E-state index in [0.717, 1.165) is 17.5 Å². The first-order chi connectivity index (χ1) is 10.3. The van der Waals surface area contributed by atoms with Crippen molar-refractivity contribution in [3.63, 3.8) is 0 Å². The van der Waals surface area contributed by atoms with Gasteiger partial charge in [-0.1, -0.05) is 13.3 Å². The fourth-order valence-corrected chi connectivity index (χ4v) is 4.63. The number of aromatic nitrogens is 2. The first kappa shape index (κ1) is 14.2. The zero-order chi connectivity index (χ0) is 14.7. The number of unbranched alkanes of at least 4 members (excludes halogenated alkanes) is 1. The van der Waals surface area contributed by atoms with Gasteiger partial charge in [-0.25, -0.2) is 9.13 Å². The lowest BCUT2D eigenvalue weighted by Gasteiger charge is -2.11. The molecule has 0 aliphatic heterocycles. The lowest BCUT2D eigenvalue weighted by molar-refractivity contribution is -0.652. The molecule has 4 nitrogen and oxygen atoms in total. The summed E-state index contributed by atoms with van der Waals surface area (Å²) in [6.45, 7) is 3.23. The van der Waals surface area contributed by atoms with Crippen LogP contribution in [0.25, 0.3) is 0 Å². The van der Waals surface area contributed by atoms with Crippen LogP contribution in [0.2, 0.25) is 0 Å². The molecule has 0 fully saturated rings. The van der Waals surface area contributed by atoms with Gasteiger partial charge in [-0.2, -0.15) is 0 Å². The molecule has 0 atom stereocenters. The molecule has 0 radical (unpaired) electrons. The van der Waals surface area contributed by atoms with E-state index in [0.29, 0.717) is 0 Å². The Morgan fingerprint density at radius 1 is 1.14 bits per heavy atom. The van der Waals surface area contributed by atoms with Gasteiger partial charge in [0, 0.05) is 0 Å². The summed E-state index contributed by atoms with van der Waals surface area (Å²) in [6, 6.07) is 7.94. The van der Waals surface area contributed by atoms with Crippen molar-refractivity contribution in [2.75, 3.05) is 0 Å². The Kier molecular flexibility index (Phi) is 4.26. The number of hydrogen-bond acceptors (Lipinski definition) is 2. The minimum absolute atomic E-state index is 0.800. The van der Waals surface area contributed by atoms with E-state index in [1.807, 2.05) is 24.3 Å². The summed E-state index contributed by atoms with van der Waals surface area (Å²) in [7, 11) is 1.28. The maximum atomic E-state index is 5.70. The highest BCUT2D eigenvalue weighted by Crippen LogP contribution is 2.31. The summed E-state index contributed by atoms with van der Waals surface area (Å²) in [4.78, 5) is 0. The monoisotopic (exact) mass is 303 g/mol. The topological polar surface area (TPSA) is 35.1 Å². The van der Waals surface area contributed by atoms with E-state index in [1.54, 1.807) is 12.5 Å². The van der Waals surface area contributed by atoms with Crippen LogP contribution in [0.5, 0.6) is 0 Å². The number of nitrogens with zero attached hydrogens (tertiary/aromatic N) is 2. The third kappa shape index (κ3) is 2.81. The van der Waals surface area contributed by atoms with Gasteiger partial charge in [-0.15, -0.1) is 0 Å². The van der Waals surface area contributed by atoms with Gasteiger partial charge in [0.05, 0.1) is 26.1 Å². The molecule has 0 spiro atoms. The van der Waals surface area contributed by atoms with E-state index >= 15 is 0 Å². The Labute approximate surface area is 125 Å². The molecular formula is C16H20N2O2P+. The number of hydrogen-bond donors (Lipinski definition) is 0. The summed E-state index contributed by atoms with van der Waals surface area (Å²) in [5, 5.41) is 0. The summed E-state index contributed by atoms with van der Waals surface area (Å²) >= 11 is 0. The van der Waals surface area contributed by atoms with Gasteiger partial charge in [0.2, 0.25) is 0 Å². The second kappa shape index (κ2) is 6.31. The van der Waals surface area contributed by atoms with E-state index in [9.17, 15) is 0 Å². The predicted molar refractivity (Wildman–Crippen MR) is 83.8 cm³/mol. The lowest BCUT2D eigenvalue weighted by Crippen LogP contribution is -2.47. The zero-order valence-electron chi connectivity index (χ0n) is 12.4. The first-order valence-corrected chi connectivity index (χ1v) is 8.57.